The van der Waals surface area contributed by atoms with Crippen molar-refractivity contribution in [3.05, 3.63) is 40.3 Å². The van der Waals surface area contributed by atoms with Crippen molar-refractivity contribution in [3.8, 4) is 10.7 Å². The lowest BCUT2D eigenvalue weighted by Crippen LogP contribution is -1.96. The molecule has 0 aliphatic heterocycles. The molecule has 0 radical (unpaired) electrons. The van der Waals surface area contributed by atoms with Gasteiger partial charge in [0.2, 0.25) is 0 Å². The topological polar surface area (TPSA) is 54.7 Å². The number of rotatable bonds is 2. The smallest absolute Gasteiger partial charge is 0.148 e. The highest BCUT2D eigenvalue weighted by Gasteiger charge is 2.16. The van der Waals surface area contributed by atoms with E-state index in [4.69, 9.17) is 10.7 Å². The van der Waals surface area contributed by atoms with Crippen molar-refractivity contribution in [2.45, 2.75) is 32.2 Å². The molecule has 0 atom stereocenters. The summed E-state index contributed by atoms with van der Waals surface area (Å²) in [5, 5.41) is 0. The van der Waals surface area contributed by atoms with Gasteiger partial charge in [-0.3, -0.25) is 0 Å². The molecule has 0 spiro atoms. The second kappa shape index (κ2) is 4.72. The lowest BCUT2D eigenvalue weighted by Gasteiger charge is -2.08. The van der Waals surface area contributed by atoms with Crippen LogP contribution in [0.3, 0.4) is 0 Å². The molecule has 4 heteroatoms. The van der Waals surface area contributed by atoms with Crippen LogP contribution in [0.2, 0.25) is 0 Å². The summed E-state index contributed by atoms with van der Waals surface area (Å²) < 4.78 is 0. The Morgan fingerprint density at radius 1 is 1.20 bits per heavy atom. The number of nitrogens with one attached hydrogen (secondary N) is 1. The van der Waals surface area contributed by atoms with Crippen LogP contribution in [0.4, 0.5) is 0 Å². The standard InChI is InChI=1S/C16H17N3S/c17-9-10-5-6-12-13(7-10)19-16(18-12)15-8-11-3-1-2-4-14(11)20-15/h5-8H,1-4,9,17H2,(H,18,19). The number of hydrogen-bond donors (Lipinski definition) is 2. The van der Waals surface area contributed by atoms with Crippen molar-refractivity contribution < 1.29 is 0 Å². The summed E-state index contributed by atoms with van der Waals surface area (Å²) in [4.78, 5) is 11.0. The Balaban J connectivity index is 1.79. The second-order valence-electron chi connectivity index (χ2n) is 5.41. The van der Waals surface area contributed by atoms with Crippen molar-refractivity contribution in [1.82, 2.24) is 9.97 Å². The average Bonchev–Trinajstić information content (AvgIpc) is 3.09. The van der Waals surface area contributed by atoms with Crippen LogP contribution in [0.15, 0.2) is 24.3 Å². The molecular weight excluding hydrogens is 266 g/mol. The van der Waals surface area contributed by atoms with Gasteiger partial charge >= 0.3 is 0 Å². The van der Waals surface area contributed by atoms with Crippen molar-refractivity contribution in [3.63, 3.8) is 0 Å². The molecule has 0 saturated heterocycles. The Labute approximate surface area is 121 Å². The number of benzene rings is 1. The van der Waals surface area contributed by atoms with Gasteiger partial charge in [0.25, 0.3) is 0 Å². The third kappa shape index (κ3) is 1.96. The number of nitrogens with two attached hydrogens (primary N) is 1. The predicted molar refractivity (Wildman–Crippen MR) is 83.9 cm³/mol. The van der Waals surface area contributed by atoms with Gasteiger partial charge in [-0.1, -0.05) is 6.07 Å². The quantitative estimate of drug-likeness (QED) is 0.754. The molecule has 0 saturated carbocycles. The monoisotopic (exact) mass is 283 g/mol. The number of aromatic nitrogens is 2. The summed E-state index contributed by atoms with van der Waals surface area (Å²) >= 11 is 1.90. The maximum Gasteiger partial charge on any atom is 0.148 e. The molecule has 1 aliphatic rings. The third-order valence-corrected chi connectivity index (χ3v) is 5.26. The van der Waals surface area contributed by atoms with Gasteiger partial charge in [0.05, 0.1) is 15.9 Å². The molecule has 3 N–H and O–H groups in total. The van der Waals surface area contributed by atoms with E-state index in [0.29, 0.717) is 6.54 Å². The summed E-state index contributed by atoms with van der Waals surface area (Å²) in [7, 11) is 0. The first-order valence-corrected chi connectivity index (χ1v) is 7.96. The highest BCUT2D eigenvalue weighted by molar-refractivity contribution is 7.15. The van der Waals surface area contributed by atoms with Crippen LogP contribution in [0.5, 0.6) is 0 Å². The number of nitrogens with zero attached hydrogens (tertiary/aromatic N) is 1. The highest BCUT2D eigenvalue weighted by Crippen LogP contribution is 2.35. The number of fused-ring (bicyclic) bond motifs is 2. The fourth-order valence-corrected chi connectivity index (χ4v) is 4.11. The van der Waals surface area contributed by atoms with Gasteiger partial charge in [-0.15, -0.1) is 11.3 Å². The van der Waals surface area contributed by atoms with E-state index in [-0.39, 0.29) is 0 Å². The predicted octanol–water partition coefficient (Wildman–Crippen LogP) is 3.63. The van der Waals surface area contributed by atoms with Crippen LogP contribution in [-0.4, -0.2) is 9.97 Å². The molecule has 0 bridgehead atoms. The number of imidazole rings is 1. The van der Waals surface area contributed by atoms with Crippen LogP contribution >= 0.6 is 11.3 Å². The fourth-order valence-electron chi connectivity index (χ4n) is 2.91. The zero-order chi connectivity index (χ0) is 13.5. The Morgan fingerprint density at radius 3 is 2.95 bits per heavy atom. The zero-order valence-corrected chi connectivity index (χ0v) is 12.1. The molecule has 0 fully saturated rings. The Bertz CT molecular complexity index is 746. The van der Waals surface area contributed by atoms with Crippen LogP contribution in [0, 0.1) is 0 Å². The Kier molecular flexibility index (Phi) is 2.86. The third-order valence-electron chi connectivity index (χ3n) is 4.01. The zero-order valence-electron chi connectivity index (χ0n) is 11.3. The summed E-state index contributed by atoms with van der Waals surface area (Å²) in [5.74, 6) is 0.994. The van der Waals surface area contributed by atoms with E-state index in [9.17, 15) is 0 Å². The van der Waals surface area contributed by atoms with Gasteiger partial charge in [0.15, 0.2) is 0 Å². The van der Waals surface area contributed by atoms with Crippen molar-refractivity contribution >= 4 is 22.4 Å². The maximum atomic E-state index is 5.69. The minimum Gasteiger partial charge on any atom is -0.337 e. The van der Waals surface area contributed by atoms with Gasteiger partial charge in [-0.05, 0) is 55.0 Å². The van der Waals surface area contributed by atoms with Crippen LogP contribution in [-0.2, 0) is 19.4 Å². The summed E-state index contributed by atoms with van der Waals surface area (Å²) in [5.41, 5.74) is 10.5. The lowest BCUT2D eigenvalue weighted by molar-refractivity contribution is 0.697. The molecule has 102 valence electrons. The maximum absolute atomic E-state index is 5.69. The molecule has 20 heavy (non-hydrogen) atoms. The van der Waals surface area contributed by atoms with Crippen molar-refractivity contribution in [2.75, 3.05) is 0 Å². The van der Waals surface area contributed by atoms with E-state index >= 15 is 0 Å². The van der Waals surface area contributed by atoms with Crippen LogP contribution < -0.4 is 5.73 Å². The molecule has 2 heterocycles. The molecule has 0 amide bonds. The Morgan fingerprint density at radius 2 is 2.10 bits per heavy atom. The number of H-pyrrole nitrogens is 1. The van der Waals surface area contributed by atoms with E-state index < -0.39 is 0 Å². The first-order valence-electron chi connectivity index (χ1n) is 7.14. The lowest BCUT2D eigenvalue weighted by atomic mass is 9.99. The SMILES string of the molecule is NCc1ccc2nc(-c3cc4c(s3)CCCC4)[nH]c2c1. The number of thiophene rings is 1. The van der Waals surface area contributed by atoms with E-state index in [1.807, 2.05) is 23.5 Å². The van der Waals surface area contributed by atoms with Gasteiger partial charge in [0, 0.05) is 11.4 Å². The van der Waals surface area contributed by atoms with Crippen LogP contribution in [0.1, 0.15) is 28.8 Å². The summed E-state index contributed by atoms with van der Waals surface area (Å²) in [6, 6.07) is 8.51. The number of hydrogen-bond acceptors (Lipinski definition) is 3. The summed E-state index contributed by atoms with van der Waals surface area (Å²) in [6.07, 6.45) is 5.11. The molecule has 2 aromatic heterocycles. The minimum atomic E-state index is 0.567. The Hall–Kier alpha value is -1.65. The normalized spacial score (nSPS) is 14.7. The summed E-state index contributed by atoms with van der Waals surface area (Å²) in [6.45, 7) is 0.567. The van der Waals surface area contributed by atoms with E-state index in [0.717, 1.165) is 22.4 Å². The molecule has 4 rings (SSSR count). The first-order chi connectivity index (χ1) is 9.83. The van der Waals surface area contributed by atoms with Crippen molar-refractivity contribution in [1.29, 1.82) is 0 Å². The molecule has 3 aromatic rings. The number of aromatic amines is 1. The minimum absolute atomic E-state index is 0.567. The number of aryl methyl sites for hydroxylation is 2. The molecular formula is C16H17N3S. The van der Waals surface area contributed by atoms with Gasteiger partial charge < -0.3 is 10.7 Å². The fraction of sp³-hybridized carbons (Fsp3) is 0.312. The van der Waals surface area contributed by atoms with E-state index in [2.05, 4.69) is 17.1 Å². The van der Waals surface area contributed by atoms with Gasteiger partial charge in [-0.2, -0.15) is 0 Å². The second-order valence-corrected chi connectivity index (χ2v) is 6.54. The van der Waals surface area contributed by atoms with E-state index in [1.165, 1.54) is 36.1 Å². The van der Waals surface area contributed by atoms with Crippen molar-refractivity contribution in [2.24, 2.45) is 5.73 Å². The largest absolute Gasteiger partial charge is 0.337 e. The molecule has 1 aliphatic carbocycles. The average molecular weight is 283 g/mol. The van der Waals surface area contributed by atoms with E-state index in [1.54, 1.807) is 4.88 Å². The molecule has 0 unspecified atom stereocenters. The van der Waals surface area contributed by atoms with Gasteiger partial charge in [0.1, 0.15) is 5.82 Å². The first kappa shape index (κ1) is 12.1. The molecule has 1 aromatic carbocycles. The highest BCUT2D eigenvalue weighted by atomic mass is 32.1. The molecule has 3 nitrogen and oxygen atoms in total. The van der Waals surface area contributed by atoms with Gasteiger partial charge in [-0.25, -0.2) is 4.98 Å². The van der Waals surface area contributed by atoms with Crippen LogP contribution in [0.25, 0.3) is 21.7 Å².